The molecule has 0 atom stereocenters. The van der Waals surface area contributed by atoms with E-state index in [1.165, 1.54) is 150 Å². The topological polar surface area (TPSA) is 413 Å². The fourth-order valence-electron chi connectivity index (χ4n) is 15.5. The van der Waals surface area contributed by atoms with Gasteiger partial charge in [0.15, 0.2) is 49.6 Å². The van der Waals surface area contributed by atoms with Gasteiger partial charge in [0.1, 0.15) is 51.1 Å². The molecule has 0 fully saturated rings. The number of nitrogens with one attached hydrogen (secondary N) is 1. The average molecular weight is 1900 g/mol. The summed E-state index contributed by atoms with van der Waals surface area (Å²) in [5.41, 5.74) is -0.367. The van der Waals surface area contributed by atoms with Gasteiger partial charge in [0, 0.05) is 116 Å². The maximum atomic E-state index is 13.4. The third-order valence-corrected chi connectivity index (χ3v) is 26.4. The lowest BCUT2D eigenvalue weighted by atomic mass is 9.91. The van der Waals surface area contributed by atoms with Gasteiger partial charge in [0.25, 0.3) is 23.6 Å². The summed E-state index contributed by atoms with van der Waals surface area (Å²) in [4.78, 5) is 94.0. The van der Waals surface area contributed by atoms with Crippen molar-refractivity contribution in [2.24, 2.45) is 7.05 Å². The monoisotopic (exact) mass is 1890 g/mol. The number of imidazole rings is 1. The summed E-state index contributed by atoms with van der Waals surface area (Å²) in [6.45, 7) is 5.64. The highest BCUT2D eigenvalue weighted by Crippen LogP contribution is 2.51. The number of anilines is 1. The fraction of sp³-hybridized carbons (Fsp3) is 0.154. The van der Waals surface area contributed by atoms with Crippen LogP contribution in [0.4, 0.5) is 35.9 Å². The summed E-state index contributed by atoms with van der Waals surface area (Å²) in [6, 6.07) is 42.7. The van der Waals surface area contributed by atoms with Crippen LogP contribution >= 0.6 is 11.3 Å². The number of aromatic hydroxyl groups is 4. The van der Waals surface area contributed by atoms with Crippen LogP contribution < -0.4 is 22.6 Å². The van der Waals surface area contributed by atoms with Gasteiger partial charge >= 0.3 is 35.9 Å². The Labute approximate surface area is 754 Å². The van der Waals surface area contributed by atoms with Crippen LogP contribution in [0.2, 0.25) is 0 Å². The number of phenolic OH excluding ortho intramolecular Hbond substituents is 4. The Morgan fingerprint density at radius 3 is 1.14 bits per heavy atom. The van der Waals surface area contributed by atoms with Crippen LogP contribution in [-0.2, 0) is 94.6 Å². The van der Waals surface area contributed by atoms with Gasteiger partial charge in [-0.05, 0) is 156 Å². The molecule has 31 nitrogen and oxygen atoms in total. The molecular formula is C91H69F7N12O19S4. The van der Waals surface area contributed by atoms with Gasteiger partial charge in [0.05, 0.1) is 60.5 Å². The summed E-state index contributed by atoms with van der Waals surface area (Å²) in [6.07, 6.45) is 8.25. The van der Waals surface area contributed by atoms with Gasteiger partial charge in [-0.3, -0.25) is 43.9 Å². The molecule has 0 saturated heterocycles. The maximum Gasteiger partial charge on any atom is 0.534 e. The van der Waals surface area contributed by atoms with Crippen LogP contribution in [0, 0.1) is 30.2 Å². The van der Waals surface area contributed by atoms with E-state index in [0.717, 1.165) is 49.6 Å². The molecule has 42 heteroatoms. The minimum atomic E-state index is -6.06. The Morgan fingerprint density at radius 2 is 0.797 bits per heavy atom. The van der Waals surface area contributed by atoms with Gasteiger partial charge in [-0.2, -0.15) is 38.4 Å². The number of fused-ring (bicyclic) bond motifs is 8. The van der Waals surface area contributed by atoms with Crippen LogP contribution in [0.1, 0.15) is 105 Å². The molecule has 680 valence electrons. The van der Waals surface area contributed by atoms with Gasteiger partial charge in [-0.1, -0.05) is 78.1 Å². The number of hydrogen-bond acceptors (Lipinski definition) is 26. The van der Waals surface area contributed by atoms with E-state index < -0.39 is 94.0 Å². The van der Waals surface area contributed by atoms with Crippen molar-refractivity contribution in [2.45, 2.75) is 87.9 Å². The minimum absolute atomic E-state index is 0.00314. The van der Waals surface area contributed by atoms with E-state index in [-0.39, 0.29) is 166 Å². The molecule has 0 radical (unpaired) electrons. The summed E-state index contributed by atoms with van der Waals surface area (Å²) < 4.78 is 190. The zero-order valence-corrected chi connectivity index (χ0v) is 72.9. The molecule has 0 unspecified atom stereocenters. The van der Waals surface area contributed by atoms with Crippen molar-refractivity contribution in [3.63, 3.8) is 0 Å². The summed E-state index contributed by atoms with van der Waals surface area (Å²) in [7, 11) is -13.2. The number of halogens is 7. The second-order valence-corrected chi connectivity index (χ2v) is 36.2. The fourth-order valence-corrected chi connectivity index (χ4v) is 19.4. The number of hydrogen-bond donors (Lipinski definition) is 5. The molecule has 0 aliphatic carbocycles. The number of carbonyl (C=O) groups excluding carboxylic acids is 5. The molecular weight excluding hydrogens is 1830 g/mol. The molecule has 5 amide bonds. The second kappa shape index (κ2) is 36.1. The first kappa shape index (κ1) is 90.9. The number of pyridine rings is 4. The maximum absolute atomic E-state index is 13.4. The number of ether oxygens (including phenoxy) is 1. The molecule has 0 bridgehead atoms. The third-order valence-electron chi connectivity index (χ3n) is 21.5. The highest BCUT2D eigenvalue weighted by Gasteiger charge is 2.50. The molecule has 9 aromatic carbocycles. The van der Waals surface area contributed by atoms with Crippen LogP contribution in [0.3, 0.4) is 0 Å². The Bertz CT molecular complexity index is 7620. The number of carbonyl (C=O) groups is 5. The predicted octanol–water partition coefficient (Wildman–Crippen LogP) is 15.2. The van der Waals surface area contributed by atoms with Crippen LogP contribution in [0.15, 0.2) is 216 Å². The number of rotatable bonds is 20. The summed E-state index contributed by atoms with van der Waals surface area (Å²) in [5.74, 6) is -5.78. The van der Waals surface area contributed by atoms with Gasteiger partial charge in [-0.15, -0.1) is 0 Å². The lowest BCUT2D eigenvalue weighted by molar-refractivity contribution is -0.114. The van der Waals surface area contributed by atoms with Crippen molar-refractivity contribution in [1.29, 1.82) is 0 Å². The molecule has 4 aliphatic rings. The second-order valence-electron chi connectivity index (χ2n) is 30.4. The minimum Gasteiger partial charge on any atom is -0.505 e. The first-order chi connectivity index (χ1) is 63.3. The van der Waals surface area contributed by atoms with Crippen molar-refractivity contribution >= 4 is 120 Å². The smallest absolute Gasteiger partial charge is 0.505 e. The van der Waals surface area contributed by atoms with E-state index in [0.29, 0.717) is 41.9 Å². The largest absolute Gasteiger partial charge is 0.534 e. The van der Waals surface area contributed by atoms with E-state index >= 15 is 0 Å². The molecule has 10 heterocycles. The number of benzene rings is 9. The molecule has 5 N–H and O–H groups in total. The molecule has 6 aromatic heterocycles. The van der Waals surface area contributed by atoms with Gasteiger partial charge in [-0.25, -0.2) is 27.5 Å². The highest BCUT2D eigenvalue weighted by molar-refractivity contribution is 7.89. The molecule has 0 spiro atoms. The van der Waals surface area contributed by atoms with Crippen molar-refractivity contribution in [1.82, 2.24) is 54.1 Å². The normalized spacial score (nSPS) is 13.4. The van der Waals surface area contributed by atoms with Crippen LogP contribution in [0.25, 0.3) is 54.7 Å². The molecule has 4 aliphatic heterocycles. The Kier molecular flexibility index (Phi) is 24.7. The van der Waals surface area contributed by atoms with Crippen molar-refractivity contribution in [3.8, 4) is 57.1 Å². The van der Waals surface area contributed by atoms with Gasteiger partial charge < -0.3 is 67.2 Å². The summed E-state index contributed by atoms with van der Waals surface area (Å²) in [5, 5.41) is 46.5. The Morgan fingerprint density at radius 1 is 0.459 bits per heavy atom. The number of amides is 5. The molecule has 15 aromatic rings. The number of phenols is 4. The quantitative estimate of drug-likeness (QED) is 0.0269. The Hall–Kier alpha value is -15.4. The highest BCUT2D eigenvalue weighted by atomic mass is 32.3. The molecule has 0 saturated carbocycles. The van der Waals surface area contributed by atoms with Crippen molar-refractivity contribution < 1.29 is 118 Å². The SMILES string of the molecule is CC(=O)Nc1nc(C)c(S(=O)(=O)Oc2c3c(c(O)c4ncccc24)C(=O)N(Cc2ccc(F)cc2)C3)s1.CCOc1ccc(-c2c3c(c(O)c4ncccc24)C(=O)N(Cc2ccc(F)cc2)C3)cc1.Cn1cnc(S(=O)(=O)Oc2c3c(c(O)c4ncccc24)C(=O)N(Cc2ccc(F)cc2)C3)c1.O=C1c2c(c(OS(=O)(=O)C(F)(F)F)c3cccnc3c2O)CN1Cc1ccc(F)cc1. The number of nitrogens with zero attached hydrogens (tertiary/aromatic N) is 11. The van der Waals surface area contributed by atoms with Crippen LogP contribution in [0.5, 0.6) is 46.0 Å². The van der Waals surface area contributed by atoms with E-state index in [2.05, 4.69) is 39.4 Å². The zero-order valence-electron chi connectivity index (χ0n) is 69.6. The lowest BCUT2D eigenvalue weighted by Gasteiger charge is -2.16. The van der Waals surface area contributed by atoms with E-state index in [1.54, 1.807) is 60.6 Å². The van der Waals surface area contributed by atoms with E-state index in [9.17, 15) is 100 Å². The number of thiazole rings is 1. The van der Waals surface area contributed by atoms with Gasteiger partial charge in [0.2, 0.25) is 10.9 Å². The molecule has 133 heavy (non-hydrogen) atoms. The average Bonchev–Trinajstić information content (AvgIpc) is 1.67. The zero-order chi connectivity index (χ0) is 94.6. The Balaban J connectivity index is 0.000000129. The number of aryl methyl sites for hydroxylation is 2. The lowest BCUT2D eigenvalue weighted by Crippen LogP contribution is -2.28. The van der Waals surface area contributed by atoms with Crippen molar-refractivity contribution in [2.75, 3.05) is 11.9 Å². The van der Waals surface area contributed by atoms with Crippen molar-refractivity contribution in [3.05, 3.63) is 303 Å². The number of alkyl halides is 3. The predicted molar refractivity (Wildman–Crippen MR) is 466 cm³/mol. The molecule has 19 rings (SSSR count). The third kappa shape index (κ3) is 18.1. The first-order valence-corrected chi connectivity index (χ1v) is 44.9. The first-order valence-electron chi connectivity index (χ1n) is 39.9. The summed E-state index contributed by atoms with van der Waals surface area (Å²) >= 11 is 0.731. The van der Waals surface area contributed by atoms with Crippen LogP contribution in [-0.4, -0.2) is 141 Å². The number of aromatic nitrogens is 7. The standard InChI is InChI=1S/C26H21FN2O3.C24H19FN4O6S2.C22H17FN4O5S.C19H12F4N2O5S/c1-2-32-19-11-7-17(8-12-19)22-20-4-3-13-28-24(20)25(30)23-21(22)15-29(26(23)31)14-16-5-9-18(27)10-6-16;1-12-23(36-24(27-12)28-13(2)30)37(33,34)35-21-16-4-3-9-26-19(16)20(31)18-17(21)11-29(22(18)32)10-14-5-7-15(25)8-6-14;1-26-11-17(25-12-26)33(30,31)32-21-15-3-2-8-24-19(15)20(28)18-16(21)10-27(22(18)29)9-13-4-6-14(23)7-5-13;20-11-5-3-10(4-6-11)8-25-9-13-14(18(25)27)16(26)15-12(2-1-7-24-15)17(13)30-31(28,29)19(21,22)23/h3-13,30H,2,14-15H2,1H3;3-9,31H,10-11H2,1-2H3,(H,27,28,30);2-8,11-12,28H,9-10H2,1H3;1-7,26H,8-9H2. The van der Waals surface area contributed by atoms with E-state index in [1.807, 2.05) is 43.3 Å². The van der Waals surface area contributed by atoms with E-state index in [4.69, 9.17) is 13.1 Å².